The molecule has 0 bridgehead atoms. The zero-order valence-electron chi connectivity index (χ0n) is 9.77. The normalized spacial score (nSPS) is 10.8. The van der Waals surface area contributed by atoms with Crippen LogP contribution in [-0.2, 0) is 0 Å². The zero-order valence-corrected chi connectivity index (χ0v) is 12.2. The molecular weight excluding hydrogens is 308 g/mol. The van der Waals surface area contributed by atoms with Gasteiger partial charge in [0.15, 0.2) is 5.13 Å². The van der Waals surface area contributed by atoms with E-state index in [9.17, 15) is 0 Å². The Morgan fingerprint density at radius 2 is 2.00 bits per heavy atom. The summed E-state index contributed by atoms with van der Waals surface area (Å²) in [6.45, 7) is 2.10. The van der Waals surface area contributed by atoms with Crippen molar-refractivity contribution in [3.05, 3.63) is 52.5 Å². The van der Waals surface area contributed by atoms with Crippen molar-refractivity contribution in [2.24, 2.45) is 0 Å². The highest BCUT2D eigenvalue weighted by Gasteiger charge is 2.05. The second kappa shape index (κ2) is 4.71. The van der Waals surface area contributed by atoms with Gasteiger partial charge in [0.25, 0.3) is 0 Å². The first-order valence-corrected chi connectivity index (χ1v) is 7.22. The van der Waals surface area contributed by atoms with Gasteiger partial charge < -0.3 is 5.32 Å². The number of hydrogen-bond donors (Lipinski definition) is 1. The molecule has 2 aromatic carbocycles. The second-order valence-corrected chi connectivity index (χ2v) is 5.98. The van der Waals surface area contributed by atoms with Crippen LogP contribution in [-0.4, -0.2) is 4.98 Å². The van der Waals surface area contributed by atoms with Crippen LogP contribution >= 0.6 is 27.3 Å². The van der Waals surface area contributed by atoms with Crippen molar-refractivity contribution in [3.63, 3.8) is 0 Å². The van der Waals surface area contributed by atoms with E-state index in [0.717, 1.165) is 20.8 Å². The molecule has 0 atom stereocenters. The van der Waals surface area contributed by atoms with Crippen molar-refractivity contribution in [1.29, 1.82) is 0 Å². The van der Waals surface area contributed by atoms with Crippen LogP contribution in [0.5, 0.6) is 0 Å². The first-order chi connectivity index (χ1) is 8.72. The van der Waals surface area contributed by atoms with Gasteiger partial charge in [0.2, 0.25) is 0 Å². The van der Waals surface area contributed by atoms with E-state index in [1.807, 2.05) is 24.3 Å². The molecule has 90 valence electrons. The fourth-order valence-electron chi connectivity index (χ4n) is 1.76. The number of aryl methyl sites for hydroxylation is 1. The average molecular weight is 319 g/mol. The third-order valence-corrected chi connectivity index (χ3v) is 4.28. The Labute approximate surface area is 118 Å². The van der Waals surface area contributed by atoms with E-state index < -0.39 is 0 Å². The minimum atomic E-state index is 0.919. The Morgan fingerprint density at radius 1 is 1.17 bits per heavy atom. The molecule has 1 heterocycles. The SMILES string of the molecule is Cc1ccc2nc(Nc3ccccc3Br)sc2c1. The van der Waals surface area contributed by atoms with Gasteiger partial charge in [-0.1, -0.05) is 29.5 Å². The number of anilines is 2. The van der Waals surface area contributed by atoms with E-state index in [0.29, 0.717) is 0 Å². The van der Waals surface area contributed by atoms with Gasteiger partial charge in [0.05, 0.1) is 15.9 Å². The van der Waals surface area contributed by atoms with Crippen molar-refractivity contribution in [1.82, 2.24) is 4.98 Å². The Bertz CT molecular complexity index is 706. The maximum Gasteiger partial charge on any atom is 0.188 e. The minimum absolute atomic E-state index is 0.919. The van der Waals surface area contributed by atoms with E-state index in [2.05, 4.69) is 51.4 Å². The summed E-state index contributed by atoms with van der Waals surface area (Å²) in [6, 6.07) is 14.4. The molecule has 0 saturated carbocycles. The smallest absolute Gasteiger partial charge is 0.188 e. The lowest BCUT2D eigenvalue weighted by atomic mass is 10.2. The van der Waals surface area contributed by atoms with Crippen LogP contribution < -0.4 is 5.32 Å². The lowest BCUT2D eigenvalue weighted by Crippen LogP contribution is -1.89. The Balaban J connectivity index is 1.98. The summed E-state index contributed by atoms with van der Waals surface area (Å²) in [4.78, 5) is 4.58. The third-order valence-electron chi connectivity index (χ3n) is 2.66. The molecule has 0 radical (unpaired) electrons. The number of thiazole rings is 1. The number of nitrogens with zero attached hydrogens (tertiary/aromatic N) is 1. The number of halogens is 1. The lowest BCUT2D eigenvalue weighted by Gasteiger charge is -2.03. The zero-order chi connectivity index (χ0) is 12.5. The van der Waals surface area contributed by atoms with E-state index in [1.54, 1.807) is 11.3 Å². The number of hydrogen-bond acceptors (Lipinski definition) is 3. The first kappa shape index (κ1) is 11.7. The molecule has 1 N–H and O–H groups in total. The molecule has 2 nitrogen and oxygen atoms in total. The molecule has 3 rings (SSSR count). The number of rotatable bonds is 2. The van der Waals surface area contributed by atoms with Crippen LogP contribution in [0.1, 0.15) is 5.56 Å². The summed E-state index contributed by atoms with van der Waals surface area (Å²) in [5.74, 6) is 0. The van der Waals surface area contributed by atoms with E-state index in [-0.39, 0.29) is 0 Å². The van der Waals surface area contributed by atoms with Crippen LogP contribution in [0.2, 0.25) is 0 Å². The molecule has 0 amide bonds. The predicted octanol–water partition coefficient (Wildman–Crippen LogP) is 5.11. The molecule has 0 spiro atoms. The highest BCUT2D eigenvalue weighted by molar-refractivity contribution is 9.10. The highest BCUT2D eigenvalue weighted by atomic mass is 79.9. The van der Waals surface area contributed by atoms with Crippen molar-refractivity contribution >= 4 is 48.3 Å². The van der Waals surface area contributed by atoms with Gasteiger partial charge in [0, 0.05) is 4.47 Å². The maximum atomic E-state index is 4.58. The van der Waals surface area contributed by atoms with Crippen molar-refractivity contribution in [2.45, 2.75) is 6.92 Å². The van der Waals surface area contributed by atoms with Crippen molar-refractivity contribution in [2.75, 3.05) is 5.32 Å². The predicted molar refractivity (Wildman–Crippen MR) is 81.8 cm³/mol. The lowest BCUT2D eigenvalue weighted by molar-refractivity contribution is 1.42. The van der Waals surface area contributed by atoms with Crippen LogP contribution in [0.15, 0.2) is 46.9 Å². The number of benzene rings is 2. The highest BCUT2D eigenvalue weighted by Crippen LogP contribution is 2.31. The summed E-state index contributed by atoms with van der Waals surface area (Å²) in [6.07, 6.45) is 0. The molecule has 1 aromatic heterocycles. The topological polar surface area (TPSA) is 24.9 Å². The average Bonchev–Trinajstić information content (AvgIpc) is 2.73. The Hall–Kier alpha value is -1.39. The molecular formula is C14H11BrN2S. The monoisotopic (exact) mass is 318 g/mol. The molecule has 4 heteroatoms. The molecule has 0 aliphatic rings. The minimum Gasteiger partial charge on any atom is -0.331 e. The fraction of sp³-hybridized carbons (Fsp3) is 0.0714. The fourth-order valence-corrected chi connectivity index (χ4v) is 3.12. The summed E-state index contributed by atoms with van der Waals surface area (Å²) in [5.41, 5.74) is 3.34. The van der Waals surface area contributed by atoms with Gasteiger partial charge in [0.1, 0.15) is 0 Å². The van der Waals surface area contributed by atoms with Gasteiger partial charge in [-0.2, -0.15) is 0 Å². The third kappa shape index (κ3) is 2.26. The molecule has 0 aliphatic heterocycles. The molecule has 3 aromatic rings. The number of fused-ring (bicyclic) bond motifs is 1. The van der Waals surface area contributed by atoms with Gasteiger partial charge in [-0.15, -0.1) is 0 Å². The largest absolute Gasteiger partial charge is 0.331 e. The quantitative estimate of drug-likeness (QED) is 0.710. The van der Waals surface area contributed by atoms with Crippen molar-refractivity contribution < 1.29 is 0 Å². The number of para-hydroxylation sites is 1. The molecule has 0 aliphatic carbocycles. The van der Waals surface area contributed by atoms with Gasteiger partial charge >= 0.3 is 0 Å². The van der Waals surface area contributed by atoms with Crippen LogP contribution in [0.4, 0.5) is 10.8 Å². The van der Waals surface area contributed by atoms with Crippen LogP contribution in [0.3, 0.4) is 0 Å². The van der Waals surface area contributed by atoms with Gasteiger partial charge in [-0.25, -0.2) is 4.98 Å². The van der Waals surface area contributed by atoms with E-state index in [4.69, 9.17) is 0 Å². The summed E-state index contributed by atoms with van der Waals surface area (Å²) in [7, 11) is 0. The van der Waals surface area contributed by atoms with Gasteiger partial charge in [-0.05, 0) is 52.7 Å². The summed E-state index contributed by atoms with van der Waals surface area (Å²) < 4.78 is 2.25. The molecule has 0 unspecified atom stereocenters. The standard InChI is InChI=1S/C14H11BrN2S/c1-9-6-7-12-13(8-9)18-14(17-12)16-11-5-3-2-4-10(11)15/h2-8H,1H3,(H,16,17). The van der Waals surface area contributed by atoms with Gasteiger partial charge in [-0.3, -0.25) is 0 Å². The molecule has 0 saturated heterocycles. The summed E-state index contributed by atoms with van der Waals surface area (Å²) >= 11 is 5.20. The van der Waals surface area contributed by atoms with E-state index in [1.165, 1.54) is 10.3 Å². The molecule has 0 fully saturated rings. The Kier molecular flexibility index (Phi) is 3.06. The molecule has 18 heavy (non-hydrogen) atoms. The first-order valence-electron chi connectivity index (χ1n) is 5.61. The number of nitrogens with one attached hydrogen (secondary N) is 1. The van der Waals surface area contributed by atoms with Crippen LogP contribution in [0.25, 0.3) is 10.2 Å². The van der Waals surface area contributed by atoms with Crippen molar-refractivity contribution in [3.8, 4) is 0 Å². The second-order valence-electron chi connectivity index (χ2n) is 4.10. The maximum absolute atomic E-state index is 4.58. The van der Waals surface area contributed by atoms with Crippen LogP contribution in [0, 0.1) is 6.92 Å². The van der Waals surface area contributed by atoms with E-state index >= 15 is 0 Å². The Morgan fingerprint density at radius 3 is 2.83 bits per heavy atom. The number of aromatic nitrogens is 1. The summed E-state index contributed by atoms with van der Waals surface area (Å²) in [5, 5.41) is 4.26.